The van der Waals surface area contributed by atoms with E-state index < -0.39 is 6.10 Å². The zero-order valence-electron chi connectivity index (χ0n) is 14.4. The van der Waals surface area contributed by atoms with E-state index in [9.17, 15) is 5.11 Å². The van der Waals surface area contributed by atoms with E-state index in [2.05, 4.69) is 15.6 Å². The minimum atomic E-state index is -0.622. The van der Waals surface area contributed by atoms with Crippen molar-refractivity contribution in [2.75, 3.05) is 19.7 Å². The van der Waals surface area contributed by atoms with Crippen LogP contribution >= 0.6 is 0 Å². The van der Waals surface area contributed by atoms with Gasteiger partial charge in [0.25, 0.3) is 0 Å². The highest BCUT2D eigenvalue weighted by Crippen LogP contribution is 2.23. The average molecular weight is 330 g/mol. The number of hydrogen-bond acceptors (Lipinski definition) is 5. The molecule has 0 saturated carbocycles. The van der Waals surface area contributed by atoms with Crippen molar-refractivity contribution in [2.24, 2.45) is 0 Å². The van der Waals surface area contributed by atoms with Crippen LogP contribution in [0.1, 0.15) is 35.6 Å². The zero-order chi connectivity index (χ0) is 16.9. The number of para-hydroxylation sites is 1. The summed E-state index contributed by atoms with van der Waals surface area (Å²) in [6, 6.07) is 6.03. The molecule has 2 aromatic rings. The zero-order valence-corrected chi connectivity index (χ0v) is 14.4. The molecule has 0 bridgehead atoms. The Morgan fingerprint density at radius 2 is 2.17 bits per heavy atom. The molecule has 2 heterocycles. The van der Waals surface area contributed by atoms with E-state index in [4.69, 9.17) is 4.74 Å². The van der Waals surface area contributed by atoms with Gasteiger partial charge in [-0.1, -0.05) is 23.4 Å². The van der Waals surface area contributed by atoms with Gasteiger partial charge in [-0.15, -0.1) is 5.10 Å². The number of piperidine rings is 1. The maximum Gasteiger partial charge on any atom is 0.125 e. The van der Waals surface area contributed by atoms with Crippen molar-refractivity contribution >= 4 is 0 Å². The Bertz CT molecular complexity index is 645. The molecule has 6 nitrogen and oxygen atoms in total. The van der Waals surface area contributed by atoms with Crippen LogP contribution in [0.3, 0.4) is 0 Å². The number of aryl methyl sites for hydroxylation is 2. The molecule has 1 aromatic heterocycles. The third kappa shape index (κ3) is 4.13. The molecule has 1 aromatic carbocycles. The number of ether oxygens (including phenoxy) is 1. The van der Waals surface area contributed by atoms with Crippen LogP contribution in [0.4, 0.5) is 0 Å². The van der Waals surface area contributed by atoms with E-state index in [1.807, 2.05) is 38.2 Å². The summed E-state index contributed by atoms with van der Waals surface area (Å²) < 4.78 is 7.51. The van der Waals surface area contributed by atoms with Gasteiger partial charge < -0.3 is 15.2 Å². The monoisotopic (exact) mass is 330 g/mol. The molecule has 24 heavy (non-hydrogen) atoms. The van der Waals surface area contributed by atoms with E-state index in [0.717, 1.165) is 42.1 Å². The fourth-order valence-corrected chi connectivity index (χ4v) is 3.17. The Morgan fingerprint density at radius 3 is 2.88 bits per heavy atom. The van der Waals surface area contributed by atoms with Crippen LogP contribution in [0.15, 0.2) is 24.4 Å². The van der Waals surface area contributed by atoms with E-state index in [0.29, 0.717) is 12.5 Å². The number of hydrogen-bond donors (Lipinski definition) is 2. The Hall–Kier alpha value is -1.92. The minimum Gasteiger partial charge on any atom is -0.490 e. The van der Waals surface area contributed by atoms with Crippen LogP contribution in [0.2, 0.25) is 0 Å². The summed E-state index contributed by atoms with van der Waals surface area (Å²) in [5.41, 5.74) is 3.16. The molecule has 2 N–H and O–H groups in total. The summed E-state index contributed by atoms with van der Waals surface area (Å²) in [7, 11) is 0. The SMILES string of the molecule is Cc1cccc(C)c1OCC(O)Cn1cc(C2CCCNC2)nn1. The number of nitrogens with zero attached hydrogens (tertiary/aromatic N) is 3. The van der Waals surface area contributed by atoms with Gasteiger partial charge in [-0.2, -0.15) is 0 Å². The molecule has 0 spiro atoms. The van der Waals surface area contributed by atoms with Gasteiger partial charge in [0.05, 0.1) is 12.2 Å². The number of aliphatic hydroxyl groups is 1. The Balaban J connectivity index is 1.53. The molecule has 0 aliphatic carbocycles. The average Bonchev–Trinajstić information content (AvgIpc) is 3.03. The first kappa shape index (κ1) is 16.9. The number of aromatic nitrogens is 3. The van der Waals surface area contributed by atoms with Crippen LogP contribution in [0, 0.1) is 13.8 Å². The first-order valence-electron chi connectivity index (χ1n) is 8.61. The molecule has 0 amide bonds. The van der Waals surface area contributed by atoms with Crippen molar-refractivity contribution in [2.45, 2.75) is 45.3 Å². The van der Waals surface area contributed by atoms with E-state index >= 15 is 0 Å². The lowest BCUT2D eigenvalue weighted by Gasteiger charge is -2.20. The first-order chi connectivity index (χ1) is 11.6. The van der Waals surface area contributed by atoms with Crippen LogP contribution in [-0.2, 0) is 6.54 Å². The number of rotatable bonds is 6. The first-order valence-corrected chi connectivity index (χ1v) is 8.61. The predicted molar refractivity (Wildman–Crippen MR) is 92.3 cm³/mol. The fourth-order valence-electron chi connectivity index (χ4n) is 3.17. The van der Waals surface area contributed by atoms with Gasteiger partial charge in [-0.3, -0.25) is 0 Å². The highest BCUT2D eigenvalue weighted by atomic mass is 16.5. The van der Waals surface area contributed by atoms with E-state index in [1.54, 1.807) is 4.68 Å². The minimum absolute atomic E-state index is 0.242. The highest BCUT2D eigenvalue weighted by Gasteiger charge is 2.19. The Kier molecular flexibility index (Phi) is 5.48. The molecule has 130 valence electrons. The topological polar surface area (TPSA) is 72.2 Å². The molecule has 1 fully saturated rings. The van der Waals surface area contributed by atoms with Crippen molar-refractivity contribution < 1.29 is 9.84 Å². The van der Waals surface area contributed by atoms with Gasteiger partial charge in [0.2, 0.25) is 0 Å². The van der Waals surface area contributed by atoms with Gasteiger partial charge in [-0.25, -0.2) is 4.68 Å². The maximum absolute atomic E-state index is 10.2. The number of nitrogens with one attached hydrogen (secondary N) is 1. The van der Waals surface area contributed by atoms with Crippen LogP contribution in [0.5, 0.6) is 5.75 Å². The quantitative estimate of drug-likeness (QED) is 0.845. The third-order valence-corrected chi connectivity index (χ3v) is 4.50. The molecule has 3 rings (SSSR count). The van der Waals surface area contributed by atoms with E-state index in [-0.39, 0.29) is 6.61 Å². The van der Waals surface area contributed by atoms with Gasteiger partial charge >= 0.3 is 0 Å². The third-order valence-electron chi connectivity index (χ3n) is 4.50. The largest absolute Gasteiger partial charge is 0.490 e. The number of benzene rings is 1. The lowest BCUT2D eigenvalue weighted by atomic mass is 9.97. The lowest BCUT2D eigenvalue weighted by Crippen LogP contribution is -2.28. The van der Waals surface area contributed by atoms with Crippen molar-refractivity contribution in [1.29, 1.82) is 0 Å². The smallest absolute Gasteiger partial charge is 0.125 e. The standard InChI is InChI=1S/C18H26N4O2/c1-13-5-3-6-14(2)18(13)24-12-16(23)10-22-11-17(20-21-22)15-7-4-8-19-9-15/h3,5-6,11,15-16,19,23H,4,7-10,12H2,1-2H3. The van der Waals surface area contributed by atoms with E-state index in [1.165, 1.54) is 6.42 Å². The van der Waals surface area contributed by atoms with Crippen LogP contribution < -0.4 is 10.1 Å². The molecular weight excluding hydrogens is 304 g/mol. The maximum atomic E-state index is 10.2. The molecule has 2 atom stereocenters. The van der Waals surface area contributed by atoms with Gasteiger partial charge in [0.15, 0.2) is 0 Å². The molecule has 0 radical (unpaired) electrons. The van der Waals surface area contributed by atoms with Gasteiger partial charge in [0.1, 0.15) is 18.5 Å². The molecule has 1 aliphatic rings. The summed E-state index contributed by atoms with van der Waals surface area (Å²) in [6.45, 7) is 6.69. The van der Waals surface area contributed by atoms with Crippen molar-refractivity contribution in [1.82, 2.24) is 20.3 Å². The van der Waals surface area contributed by atoms with Crippen LogP contribution in [-0.4, -0.2) is 45.9 Å². The second-order valence-electron chi connectivity index (χ2n) is 6.59. The van der Waals surface area contributed by atoms with Crippen molar-refractivity contribution in [3.05, 3.63) is 41.2 Å². The fraction of sp³-hybridized carbons (Fsp3) is 0.556. The highest BCUT2D eigenvalue weighted by molar-refractivity contribution is 5.39. The molecule has 1 aliphatic heterocycles. The Labute approximate surface area is 142 Å². The van der Waals surface area contributed by atoms with Gasteiger partial charge in [0, 0.05) is 18.7 Å². The molecular formula is C18H26N4O2. The van der Waals surface area contributed by atoms with Gasteiger partial charge in [-0.05, 0) is 44.4 Å². The second kappa shape index (κ2) is 7.77. The second-order valence-corrected chi connectivity index (χ2v) is 6.59. The summed E-state index contributed by atoms with van der Waals surface area (Å²) in [4.78, 5) is 0. The summed E-state index contributed by atoms with van der Waals surface area (Å²) in [5, 5.41) is 22.0. The molecule has 6 heteroatoms. The summed E-state index contributed by atoms with van der Waals surface area (Å²) in [5.74, 6) is 1.28. The predicted octanol–water partition coefficient (Wildman–Crippen LogP) is 1.80. The lowest BCUT2D eigenvalue weighted by molar-refractivity contribution is 0.0882. The molecule has 1 saturated heterocycles. The number of aliphatic hydroxyl groups excluding tert-OH is 1. The summed E-state index contributed by atoms with van der Waals surface area (Å²) in [6.07, 6.45) is 3.64. The van der Waals surface area contributed by atoms with Crippen molar-refractivity contribution in [3.63, 3.8) is 0 Å². The van der Waals surface area contributed by atoms with Crippen LogP contribution in [0.25, 0.3) is 0 Å². The normalized spacial score (nSPS) is 19.2. The summed E-state index contributed by atoms with van der Waals surface area (Å²) >= 11 is 0. The Morgan fingerprint density at radius 1 is 1.38 bits per heavy atom. The molecule has 2 unspecified atom stereocenters. The van der Waals surface area contributed by atoms with Crippen molar-refractivity contribution in [3.8, 4) is 5.75 Å².